The molecule has 0 spiro atoms. The van der Waals surface area contributed by atoms with E-state index in [0.29, 0.717) is 35.6 Å². The van der Waals surface area contributed by atoms with Gasteiger partial charge in [0.1, 0.15) is 36.5 Å². The number of oxime groups is 1. The van der Waals surface area contributed by atoms with Crippen LogP contribution < -0.4 is 14.2 Å². The number of allylic oxidation sites excluding steroid dienone is 1. The number of hydrogen-bond donors (Lipinski definition) is 2. The van der Waals surface area contributed by atoms with Crippen molar-refractivity contribution in [2.24, 2.45) is 22.9 Å². The van der Waals surface area contributed by atoms with E-state index in [0.717, 1.165) is 48.2 Å². The molecule has 2 N–H and O–H groups in total. The molecule has 0 saturated heterocycles. The number of carbonyl (C=O) groups is 1. The number of amides is 1. The summed E-state index contributed by atoms with van der Waals surface area (Å²) < 4.78 is 26.4. The molecule has 0 radical (unpaired) electrons. The third-order valence-corrected chi connectivity index (χ3v) is 12.5. The summed E-state index contributed by atoms with van der Waals surface area (Å²) in [6.07, 6.45) is 7.23. The SMILES string of the molecule is C=CCO[C@@]12Oc3ccc(OCc4cccc(C)n4)cc3[C@H]3[C@H](CCCCO)[C@@H](CCCCO)C=C(C(=NOCc4ccc([N+](=O)[O-])cc4)C[C@@H]1N(C)C(=O)Oc1ccc([N+](=O)[O-])cc1)[C@H]32. The van der Waals surface area contributed by atoms with Crippen molar-refractivity contribution in [3.05, 3.63) is 152 Å². The fourth-order valence-corrected chi connectivity index (χ4v) is 9.49. The van der Waals surface area contributed by atoms with Gasteiger partial charge in [-0.3, -0.25) is 25.2 Å². The van der Waals surface area contributed by atoms with Crippen LogP contribution in [0.3, 0.4) is 0 Å². The summed E-state index contributed by atoms with van der Waals surface area (Å²) in [5, 5.41) is 47.4. The van der Waals surface area contributed by atoms with Crippen molar-refractivity contribution < 1.29 is 48.6 Å². The molecule has 2 heterocycles. The maximum absolute atomic E-state index is 14.3. The number of nitrogens with zero attached hydrogens (tertiary/aromatic N) is 5. The number of rotatable bonds is 21. The van der Waals surface area contributed by atoms with Gasteiger partial charge in [0.05, 0.1) is 33.8 Å². The second-order valence-electron chi connectivity index (χ2n) is 16.8. The maximum Gasteiger partial charge on any atom is 0.415 e. The van der Waals surface area contributed by atoms with Crippen molar-refractivity contribution in [2.75, 3.05) is 26.9 Å². The van der Waals surface area contributed by atoms with Gasteiger partial charge in [0, 0.05) is 68.1 Å². The molecule has 17 heteroatoms. The average Bonchev–Trinajstić information content (AvgIpc) is 3.31. The lowest BCUT2D eigenvalue weighted by Gasteiger charge is -2.59. The van der Waals surface area contributed by atoms with E-state index in [1.165, 1.54) is 41.3 Å². The fraction of sp³-hybridized carbons (Fsp3) is 0.408. The Morgan fingerprint density at radius 3 is 2.29 bits per heavy atom. The summed E-state index contributed by atoms with van der Waals surface area (Å²) in [5.41, 5.74) is 4.25. The molecule has 1 fully saturated rings. The van der Waals surface area contributed by atoms with E-state index >= 15 is 0 Å². The highest BCUT2D eigenvalue weighted by Gasteiger charge is 2.65. The first-order chi connectivity index (χ1) is 32.0. The Morgan fingerprint density at radius 1 is 0.939 bits per heavy atom. The average molecular weight is 906 g/mol. The molecule has 7 rings (SSSR count). The Morgan fingerprint density at radius 2 is 1.62 bits per heavy atom. The number of hydrogen-bond acceptors (Lipinski definition) is 14. The van der Waals surface area contributed by atoms with Crippen LogP contribution in [0.25, 0.3) is 0 Å². The van der Waals surface area contributed by atoms with E-state index in [9.17, 15) is 35.2 Å². The number of aliphatic hydroxyl groups is 2. The zero-order chi connectivity index (χ0) is 46.8. The molecule has 3 aliphatic rings. The highest BCUT2D eigenvalue weighted by Crippen LogP contribution is 2.62. The molecule has 4 aromatic rings. The molecule has 2 aliphatic carbocycles. The van der Waals surface area contributed by atoms with Gasteiger partial charge >= 0.3 is 6.09 Å². The van der Waals surface area contributed by atoms with Crippen LogP contribution in [0.1, 0.15) is 73.4 Å². The minimum absolute atomic E-state index is 0.0107. The Hall–Kier alpha value is -6.69. The van der Waals surface area contributed by atoms with E-state index in [2.05, 4.69) is 17.6 Å². The van der Waals surface area contributed by atoms with Crippen LogP contribution in [-0.2, 0) is 22.8 Å². The molecule has 0 unspecified atom stereocenters. The van der Waals surface area contributed by atoms with Gasteiger partial charge in [-0.05, 0) is 110 Å². The second kappa shape index (κ2) is 21.5. The lowest BCUT2D eigenvalue weighted by atomic mass is 9.55. The molecule has 6 atom stereocenters. The van der Waals surface area contributed by atoms with Gasteiger partial charge in [-0.2, -0.15) is 0 Å². The Labute approximate surface area is 382 Å². The summed E-state index contributed by atoms with van der Waals surface area (Å²) >= 11 is 0. The van der Waals surface area contributed by atoms with Gasteiger partial charge in [-0.1, -0.05) is 36.2 Å². The van der Waals surface area contributed by atoms with Crippen LogP contribution in [0.5, 0.6) is 17.2 Å². The van der Waals surface area contributed by atoms with Crippen LogP contribution >= 0.6 is 0 Å². The number of aryl methyl sites for hydroxylation is 1. The third-order valence-electron chi connectivity index (χ3n) is 12.5. The molecule has 1 saturated carbocycles. The highest BCUT2D eigenvalue weighted by atomic mass is 16.7. The highest BCUT2D eigenvalue weighted by molar-refractivity contribution is 6.03. The Kier molecular flexibility index (Phi) is 15.4. The number of likely N-dealkylation sites (N-methyl/N-ethyl adjacent to an activating group) is 1. The molecule has 17 nitrogen and oxygen atoms in total. The Balaban J connectivity index is 1.37. The van der Waals surface area contributed by atoms with Crippen LogP contribution in [-0.4, -0.2) is 80.4 Å². The lowest BCUT2D eigenvalue weighted by Crippen LogP contribution is -2.69. The monoisotopic (exact) mass is 905 g/mol. The molecule has 0 bridgehead atoms. The normalized spacial score (nSPS) is 22.2. The summed E-state index contributed by atoms with van der Waals surface area (Å²) in [5.74, 6) is -1.40. The first-order valence-corrected chi connectivity index (χ1v) is 22.1. The number of nitro groups is 2. The molecule has 1 aliphatic heterocycles. The quantitative estimate of drug-likeness (QED) is 0.0346. The molecular weight excluding hydrogens is 851 g/mol. The van der Waals surface area contributed by atoms with Crippen LogP contribution in [0.4, 0.5) is 16.2 Å². The van der Waals surface area contributed by atoms with Gasteiger partial charge in [-0.15, -0.1) is 6.58 Å². The van der Waals surface area contributed by atoms with E-state index < -0.39 is 33.7 Å². The molecule has 348 valence electrons. The smallest absolute Gasteiger partial charge is 0.415 e. The van der Waals surface area contributed by atoms with Gasteiger partial charge in [-0.25, -0.2) is 4.79 Å². The predicted molar refractivity (Wildman–Crippen MR) is 243 cm³/mol. The number of carbonyl (C=O) groups excluding carboxylic acids is 1. The lowest BCUT2D eigenvalue weighted by molar-refractivity contribution is -0.385. The zero-order valence-corrected chi connectivity index (χ0v) is 37.0. The van der Waals surface area contributed by atoms with Crippen molar-refractivity contribution >= 4 is 23.2 Å². The fourth-order valence-electron chi connectivity index (χ4n) is 9.49. The molecular formula is C49H55N5O12. The first-order valence-electron chi connectivity index (χ1n) is 22.1. The second-order valence-corrected chi connectivity index (χ2v) is 16.8. The summed E-state index contributed by atoms with van der Waals surface area (Å²) in [6, 6.07) is 21.7. The van der Waals surface area contributed by atoms with Crippen molar-refractivity contribution in [1.29, 1.82) is 0 Å². The van der Waals surface area contributed by atoms with Gasteiger partial charge < -0.3 is 38.9 Å². The van der Waals surface area contributed by atoms with E-state index in [1.54, 1.807) is 25.3 Å². The number of unbranched alkanes of at least 4 members (excludes halogenated alkanes) is 2. The molecule has 1 aromatic heterocycles. The van der Waals surface area contributed by atoms with Gasteiger partial charge in [0.25, 0.3) is 11.4 Å². The van der Waals surface area contributed by atoms with Crippen molar-refractivity contribution in [3.8, 4) is 17.2 Å². The molecule has 66 heavy (non-hydrogen) atoms. The van der Waals surface area contributed by atoms with Gasteiger partial charge in [0.15, 0.2) is 0 Å². The van der Waals surface area contributed by atoms with Crippen LogP contribution in [0.2, 0.25) is 0 Å². The summed E-state index contributed by atoms with van der Waals surface area (Å²) in [7, 11) is 1.57. The number of pyridine rings is 1. The Bertz CT molecular complexity index is 2430. The minimum Gasteiger partial charge on any atom is -0.487 e. The number of ether oxygens (including phenoxy) is 4. The standard InChI is InChI=1S/C49H55N5O12/c1-4-26-63-49-45(52(3)48(57)65-38-20-18-37(19-21-38)54(60)61)29-43(51-64-30-33-14-16-36(17-15-33)53(58)59)41-27-34(11-5-7-24-55)40(13-6-8-25-56)46(47(41)49)42-28-39(22-23-44(42)66-49)62-31-35-12-9-10-32(2)50-35/h4,9-10,12,14-23,27-28,34,40,45-47,55-56H,1,5-8,11,13,24-26,29-31H2,2-3H3/t34-,40+,45-,46+,47+,49+/m0/s1. The van der Waals surface area contributed by atoms with E-state index in [4.69, 9.17) is 28.9 Å². The number of fused-ring (bicyclic) bond motifs is 2. The number of non-ortho nitro benzene ring substituents is 2. The van der Waals surface area contributed by atoms with Crippen LogP contribution in [0.15, 0.2) is 114 Å². The van der Waals surface area contributed by atoms with Crippen LogP contribution in [0, 0.1) is 44.9 Å². The first kappa shape index (κ1) is 47.3. The number of aliphatic hydroxyl groups excluding tert-OH is 2. The minimum atomic E-state index is -1.57. The molecule has 1 amide bonds. The van der Waals surface area contributed by atoms with Crippen molar-refractivity contribution in [3.63, 3.8) is 0 Å². The van der Waals surface area contributed by atoms with Crippen molar-refractivity contribution in [2.45, 2.75) is 82.8 Å². The largest absolute Gasteiger partial charge is 0.487 e. The maximum atomic E-state index is 14.3. The van der Waals surface area contributed by atoms with Crippen molar-refractivity contribution in [1.82, 2.24) is 9.88 Å². The van der Waals surface area contributed by atoms with E-state index in [-0.39, 0.29) is 74.3 Å². The third kappa shape index (κ3) is 10.5. The number of benzene rings is 3. The van der Waals surface area contributed by atoms with Gasteiger partial charge in [0.2, 0.25) is 5.79 Å². The molecule has 3 aromatic carbocycles. The zero-order valence-electron chi connectivity index (χ0n) is 37.0. The predicted octanol–water partition coefficient (Wildman–Crippen LogP) is 8.75. The topological polar surface area (TPSA) is 218 Å². The number of aromatic nitrogens is 1. The number of nitro benzene ring substituents is 2. The summed E-state index contributed by atoms with van der Waals surface area (Å²) in [4.78, 5) is 48.1. The van der Waals surface area contributed by atoms with E-state index in [1.807, 2.05) is 43.3 Å². The summed E-state index contributed by atoms with van der Waals surface area (Å²) in [6.45, 7) is 6.21.